The van der Waals surface area contributed by atoms with Crippen LogP contribution in [0.1, 0.15) is 13.3 Å². The molecule has 0 saturated heterocycles. The van der Waals surface area contributed by atoms with Crippen molar-refractivity contribution >= 4 is 5.97 Å². The van der Waals surface area contributed by atoms with Crippen LogP contribution in [0.2, 0.25) is 0 Å². The summed E-state index contributed by atoms with van der Waals surface area (Å²) >= 11 is 0. The number of imidazole rings is 1. The predicted octanol–water partition coefficient (Wildman–Crippen LogP) is 1.39. The highest BCUT2D eigenvalue weighted by molar-refractivity contribution is 5.87. The Morgan fingerprint density at radius 3 is 3.00 bits per heavy atom. The van der Waals surface area contributed by atoms with E-state index in [-0.39, 0.29) is 5.97 Å². The summed E-state index contributed by atoms with van der Waals surface area (Å²) in [5, 5.41) is 0. The molecule has 0 unspecified atom stereocenters. The summed E-state index contributed by atoms with van der Waals surface area (Å²) in [6.45, 7) is 6.45. The summed E-state index contributed by atoms with van der Waals surface area (Å²) in [5.74, 6) is -0.312. The van der Waals surface area contributed by atoms with Crippen LogP contribution in [0.15, 0.2) is 30.9 Å². The quantitative estimate of drug-likeness (QED) is 0.525. The lowest BCUT2D eigenvalue weighted by Crippen LogP contribution is -2.11. The molecular weight excluding hydrogens is 180 g/mol. The van der Waals surface area contributed by atoms with Crippen LogP contribution in [0.3, 0.4) is 0 Å². The van der Waals surface area contributed by atoms with Crippen molar-refractivity contribution in [3.8, 4) is 0 Å². The fraction of sp³-hybridized carbons (Fsp3) is 0.400. The highest BCUT2D eigenvalue weighted by Crippen LogP contribution is 1.99. The van der Waals surface area contributed by atoms with Gasteiger partial charge in [-0.05, 0) is 6.42 Å². The van der Waals surface area contributed by atoms with Gasteiger partial charge in [-0.3, -0.25) is 0 Å². The Bertz CT molecular complexity index is 304. The van der Waals surface area contributed by atoms with Gasteiger partial charge in [-0.1, -0.05) is 13.5 Å². The zero-order chi connectivity index (χ0) is 10.4. The number of aromatic nitrogens is 2. The van der Waals surface area contributed by atoms with Crippen molar-refractivity contribution in [3.63, 3.8) is 0 Å². The van der Waals surface area contributed by atoms with Crippen LogP contribution in [0.25, 0.3) is 0 Å². The molecule has 0 aromatic carbocycles. The minimum atomic E-state index is -0.312. The van der Waals surface area contributed by atoms with Gasteiger partial charge in [0.1, 0.15) is 6.61 Å². The maximum absolute atomic E-state index is 11.2. The van der Waals surface area contributed by atoms with Crippen LogP contribution < -0.4 is 0 Å². The second kappa shape index (κ2) is 5.21. The van der Waals surface area contributed by atoms with Crippen molar-refractivity contribution in [1.29, 1.82) is 0 Å². The highest BCUT2D eigenvalue weighted by atomic mass is 16.5. The molecule has 0 fully saturated rings. The number of ether oxygens (including phenoxy) is 1. The van der Waals surface area contributed by atoms with E-state index in [0.29, 0.717) is 25.1 Å². The minimum absolute atomic E-state index is 0.312. The van der Waals surface area contributed by atoms with Gasteiger partial charge in [0.15, 0.2) is 0 Å². The van der Waals surface area contributed by atoms with Gasteiger partial charge in [-0.2, -0.15) is 0 Å². The van der Waals surface area contributed by atoms with Gasteiger partial charge >= 0.3 is 5.97 Å². The lowest BCUT2D eigenvalue weighted by molar-refractivity contribution is -0.139. The second-order valence-electron chi connectivity index (χ2n) is 2.89. The third-order valence-corrected chi connectivity index (χ3v) is 1.86. The lowest BCUT2D eigenvalue weighted by atomic mass is 10.2. The number of esters is 1. The first kappa shape index (κ1) is 10.5. The first-order valence-corrected chi connectivity index (χ1v) is 4.54. The number of nitrogens with zero attached hydrogens (tertiary/aromatic N) is 2. The summed E-state index contributed by atoms with van der Waals surface area (Å²) in [6, 6.07) is 0. The van der Waals surface area contributed by atoms with Crippen molar-refractivity contribution in [1.82, 2.24) is 9.55 Å². The Balaban J connectivity index is 2.22. The molecule has 4 heteroatoms. The van der Waals surface area contributed by atoms with Crippen molar-refractivity contribution in [2.45, 2.75) is 19.9 Å². The molecule has 0 spiro atoms. The van der Waals surface area contributed by atoms with Gasteiger partial charge in [-0.25, -0.2) is 9.78 Å². The smallest absolute Gasteiger partial charge is 0.333 e. The average Bonchev–Trinajstić information content (AvgIpc) is 2.69. The molecule has 1 aromatic heterocycles. The first-order chi connectivity index (χ1) is 6.74. The van der Waals surface area contributed by atoms with E-state index >= 15 is 0 Å². The predicted molar refractivity (Wildman–Crippen MR) is 52.6 cm³/mol. The normalized spacial score (nSPS) is 9.79. The molecule has 76 valence electrons. The molecule has 14 heavy (non-hydrogen) atoms. The molecule has 4 nitrogen and oxygen atoms in total. The van der Waals surface area contributed by atoms with Crippen LogP contribution in [0.4, 0.5) is 0 Å². The van der Waals surface area contributed by atoms with Gasteiger partial charge in [0, 0.05) is 18.0 Å². The van der Waals surface area contributed by atoms with E-state index in [1.54, 1.807) is 12.5 Å². The molecule has 0 aliphatic rings. The Morgan fingerprint density at radius 2 is 2.43 bits per heavy atom. The maximum Gasteiger partial charge on any atom is 0.333 e. The number of hydrogen-bond donors (Lipinski definition) is 0. The fourth-order valence-electron chi connectivity index (χ4n) is 0.909. The summed E-state index contributed by atoms with van der Waals surface area (Å²) in [6.07, 6.45) is 5.82. The lowest BCUT2D eigenvalue weighted by Gasteiger charge is -2.05. The SMILES string of the molecule is C=C(CC)C(=O)OCCn1ccnc1. The number of rotatable bonds is 5. The van der Waals surface area contributed by atoms with Gasteiger partial charge in [0.05, 0.1) is 12.9 Å². The number of carbonyl (C=O) groups excluding carboxylic acids is 1. The maximum atomic E-state index is 11.2. The standard InChI is InChI=1S/C10H14N2O2/c1-3-9(2)10(13)14-7-6-12-5-4-11-8-12/h4-5,8H,2-3,6-7H2,1H3. The van der Waals surface area contributed by atoms with E-state index in [9.17, 15) is 4.79 Å². The van der Waals surface area contributed by atoms with Gasteiger partial charge in [-0.15, -0.1) is 0 Å². The monoisotopic (exact) mass is 194 g/mol. The van der Waals surface area contributed by atoms with E-state index in [2.05, 4.69) is 11.6 Å². The van der Waals surface area contributed by atoms with Crippen molar-refractivity contribution in [3.05, 3.63) is 30.9 Å². The molecule has 0 aliphatic carbocycles. The minimum Gasteiger partial charge on any atom is -0.460 e. The molecule has 0 radical (unpaired) electrons. The topological polar surface area (TPSA) is 44.1 Å². The highest BCUT2D eigenvalue weighted by Gasteiger charge is 2.04. The van der Waals surface area contributed by atoms with Crippen LogP contribution in [-0.2, 0) is 16.1 Å². The molecule has 1 aromatic rings. The van der Waals surface area contributed by atoms with Crippen molar-refractivity contribution < 1.29 is 9.53 Å². The molecule has 0 bridgehead atoms. The molecular formula is C10H14N2O2. The summed E-state index contributed by atoms with van der Waals surface area (Å²) in [7, 11) is 0. The Morgan fingerprint density at radius 1 is 1.64 bits per heavy atom. The van der Waals surface area contributed by atoms with Crippen LogP contribution in [0, 0.1) is 0 Å². The Labute approximate surface area is 83.2 Å². The van der Waals surface area contributed by atoms with Gasteiger partial charge in [0.25, 0.3) is 0 Å². The summed E-state index contributed by atoms with van der Waals surface area (Å²) < 4.78 is 6.83. The largest absolute Gasteiger partial charge is 0.460 e. The average molecular weight is 194 g/mol. The van der Waals surface area contributed by atoms with E-state index in [1.165, 1.54) is 0 Å². The number of carbonyl (C=O) groups is 1. The summed E-state index contributed by atoms with van der Waals surface area (Å²) in [5.41, 5.74) is 0.510. The van der Waals surface area contributed by atoms with Crippen molar-refractivity contribution in [2.75, 3.05) is 6.61 Å². The third-order valence-electron chi connectivity index (χ3n) is 1.86. The fourth-order valence-corrected chi connectivity index (χ4v) is 0.909. The van der Waals surface area contributed by atoms with E-state index in [1.807, 2.05) is 17.7 Å². The van der Waals surface area contributed by atoms with Crippen molar-refractivity contribution in [2.24, 2.45) is 0 Å². The molecule has 1 rings (SSSR count). The van der Waals surface area contributed by atoms with E-state index in [4.69, 9.17) is 4.74 Å². The molecule has 0 atom stereocenters. The number of hydrogen-bond acceptors (Lipinski definition) is 3. The van der Waals surface area contributed by atoms with Gasteiger partial charge in [0.2, 0.25) is 0 Å². The van der Waals surface area contributed by atoms with Gasteiger partial charge < -0.3 is 9.30 Å². The second-order valence-corrected chi connectivity index (χ2v) is 2.89. The summed E-state index contributed by atoms with van der Waals surface area (Å²) in [4.78, 5) is 15.0. The third kappa shape index (κ3) is 3.05. The zero-order valence-electron chi connectivity index (χ0n) is 8.27. The molecule has 1 heterocycles. The molecule has 0 saturated carbocycles. The van der Waals surface area contributed by atoms with Crippen LogP contribution in [-0.4, -0.2) is 22.1 Å². The Kier molecular flexibility index (Phi) is 3.91. The molecule has 0 N–H and O–H groups in total. The first-order valence-electron chi connectivity index (χ1n) is 4.54. The van der Waals surface area contributed by atoms with E-state index in [0.717, 1.165) is 0 Å². The zero-order valence-corrected chi connectivity index (χ0v) is 8.27. The molecule has 0 amide bonds. The molecule has 0 aliphatic heterocycles. The van der Waals surface area contributed by atoms with Crippen LogP contribution in [0.5, 0.6) is 0 Å². The van der Waals surface area contributed by atoms with E-state index < -0.39 is 0 Å². The van der Waals surface area contributed by atoms with Crippen LogP contribution >= 0.6 is 0 Å². The Hall–Kier alpha value is -1.58.